The van der Waals surface area contributed by atoms with Crippen LogP contribution in [0.2, 0.25) is 0 Å². The Morgan fingerprint density at radius 2 is 1.84 bits per heavy atom. The Morgan fingerprint density at radius 1 is 1.05 bits per heavy atom. The predicted molar refractivity (Wildman–Crippen MR) is 82.6 cm³/mol. The second-order valence-electron chi connectivity index (χ2n) is 6.40. The summed E-state index contributed by atoms with van der Waals surface area (Å²) in [6, 6.07) is 1.60. The van der Waals surface area contributed by atoms with E-state index in [1.165, 1.54) is 77.8 Å². The first kappa shape index (κ1) is 15.3. The zero-order valence-corrected chi connectivity index (χ0v) is 13.0. The number of nitrogens with one attached hydrogen (secondary N) is 1. The number of piperidine rings is 2. The molecule has 0 bridgehead atoms. The Labute approximate surface area is 119 Å². The van der Waals surface area contributed by atoms with Crippen molar-refractivity contribution in [2.45, 2.75) is 64.5 Å². The Hall–Kier alpha value is -0.120. The van der Waals surface area contributed by atoms with E-state index in [0.717, 1.165) is 12.1 Å². The summed E-state index contributed by atoms with van der Waals surface area (Å²) in [6.45, 7) is 12.3. The van der Waals surface area contributed by atoms with E-state index < -0.39 is 0 Å². The summed E-state index contributed by atoms with van der Waals surface area (Å²) in [6.07, 6.45) is 8.25. The van der Waals surface area contributed by atoms with Crippen molar-refractivity contribution in [3.63, 3.8) is 0 Å². The summed E-state index contributed by atoms with van der Waals surface area (Å²) in [4.78, 5) is 5.25. The monoisotopic (exact) mass is 267 g/mol. The van der Waals surface area contributed by atoms with Crippen LogP contribution in [0.1, 0.15) is 52.4 Å². The number of hydrogen-bond acceptors (Lipinski definition) is 3. The Bertz CT molecular complexity index is 236. The lowest BCUT2D eigenvalue weighted by Gasteiger charge is -2.34. The summed E-state index contributed by atoms with van der Waals surface area (Å²) in [5.74, 6) is 0. The third-order valence-corrected chi connectivity index (χ3v) is 5.03. The van der Waals surface area contributed by atoms with E-state index in [2.05, 4.69) is 29.0 Å². The summed E-state index contributed by atoms with van der Waals surface area (Å²) in [7, 11) is 0. The van der Waals surface area contributed by atoms with Gasteiger partial charge in [0.05, 0.1) is 0 Å². The van der Waals surface area contributed by atoms with Crippen LogP contribution in [0.5, 0.6) is 0 Å². The van der Waals surface area contributed by atoms with E-state index in [9.17, 15) is 0 Å². The molecule has 0 radical (unpaired) electrons. The van der Waals surface area contributed by atoms with Crippen molar-refractivity contribution >= 4 is 0 Å². The van der Waals surface area contributed by atoms with Gasteiger partial charge in [0.25, 0.3) is 0 Å². The molecule has 3 nitrogen and oxygen atoms in total. The summed E-state index contributed by atoms with van der Waals surface area (Å²) in [5, 5.41) is 3.77. The smallest absolute Gasteiger partial charge is 0.00914 e. The second kappa shape index (κ2) is 8.23. The highest BCUT2D eigenvalue weighted by atomic mass is 15.2. The van der Waals surface area contributed by atoms with E-state index in [1.54, 1.807) is 0 Å². The molecule has 0 spiro atoms. The molecule has 2 aliphatic heterocycles. The van der Waals surface area contributed by atoms with Gasteiger partial charge in [0.1, 0.15) is 0 Å². The Kier molecular flexibility index (Phi) is 6.62. The lowest BCUT2D eigenvalue weighted by molar-refractivity contribution is 0.156. The predicted octanol–water partition coefficient (Wildman–Crippen LogP) is 2.32. The van der Waals surface area contributed by atoms with Crippen molar-refractivity contribution in [2.24, 2.45) is 0 Å². The molecule has 19 heavy (non-hydrogen) atoms. The van der Waals surface area contributed by atoms with Crippen LogP contribution in [-0.4, -0.2) is 61.2 Å². The van der Waals surface area contributed by atoms with Gasteiger partial charge in [-0.3, -0.25) is 0 Å². The first-order chi connectivity index (χ1) is 9.29. The number of hydrogen-bond donors (Lipinski definition) is 1. The fourth-order valence-electron chi connectivity index (χ4n) is 3.53. The molecule has 2 aliphatic rings. The molecule has 0 amide bonds. The highest BCUT2D eigenvalue weighted by Crippen LogP contribution is 2.16. The first-order valence-electron chi connectivity index (χ1n) is 8.49. The van der Waals surface area contributed by atoms with Gasteiger partial charge in [-0.15, -0.1) is 0 Å². The van der Waals surface area contributed by atoms with E-state index in [1.807, 2.05) is 0 Å². The summed E-state index contributed by atoms with van der Waals surface area (Å²) >= 11 is 0. The molecule has 2 rings (SSSR count). The van der Waals surface area contributed by atoms with Crippen LogP contribution in [0.15, 0.2) is 0 Å². The molecule has 0 aromatic heterocycles. The average molecular weight is 267 g/mol. The van der Waals surface area contributed by atoms with Crippen molar-refractivity contribution in [1.29, 1.82) is 0 Å². The zero-order valence-electron chi connectivity index (χ0n) is 13.0. The highest BCUT2D eigenvalue weighted by Gasteiger charge is 2.19. The molecule has 1 atom stereocenters. The molecule has 0 aromatic carbocycles. The maximum Gasteiger partial charge on any atom is 0.00914 e. The van der Waals surface area contributed by atoms with Crippen molar-refractivity contribution in [3.05, 3.63) is 0 Å². The van der Waals surface area contributed by atoms with Crippen LogP contribution in [0.25, 0.3) is 0 Å². The van der Waals surface area contributed by atoms with Crippen LogP contribution < -0.4 is 5.32 Å². The van der Waals surface area contributed by atoms with Gasteiger partial charge in [-0.05, 0) is 78.3 Å². The Balaban J connectivity index is 1.52. The second-order valence-corrected chi connectivity index (χ2v) is 6.40. The maximum absolute atomic E-state index is 3.77. The van der Waals surface area contributed by atoms with E-state index >= 15 is 0 Å². The molecule has 1 unspecified atom stereocenters. The van der Waals surface area contributed by atoms with E-state index in [4.69, 9.17) is 0 Å². The van der Waals surface area contributed by atoms with Gasteiger partial charge in [0, 0.05) is 12.1 Å². The van der Waals surface area contributed by atoms with Crippen LogP contribution in [0.3, 0.4) is 0 Å². The van der Waals surface area contributed by atoms with Gasteiger partial charge in [-0.2, -0.15) is 0 Å². The number of nitrogens with zero attached hydrogens (tertiary/aromatic N) is 2. The SMILES string of the molecule is CCN1CCC(NCCCN2CCCCC2C)CC1. The normalized spacial score (nSPS) is 27.8. The molecular formula is C16H33N3. The van der Waals surface area contributed by atoms with E-state index in [-0.39, 0.29) is 0 Å². The molecule has 2 fully saturated rings. The fraction of sp³-hybridized carbons (Fsp3) is 1.00. The number of rotatable bonds is 6. The van der Waals surface area contributed by atoms with Gasteiger partial charge in [0.2, 0.25) is 0 Å². The molecule has 0 aromatic rings. The molecule has 2 saturated heterocycles. The minimum absolute atomic E-state index is 0.779. The average Bonchev–Trinajstić information content (AvgIpc) is 2.46. The van der Waals surface area contributed by atoms with Crippen LogP contribution in [0, 0.1) is 0 Å². The minimum Gasteiger partial charge on any atom is -0.314 e. The Morgan fingerprint density at radius 3 is 2.53 bits per heavy atom. The largest absolute Gasteiger partial charge is 0.314 e. The highest BCUT2D eigenvalue weighted by molar-refractivity contribution is 4.77. The lowest BCUT2D eigenvalue weighted by atomic mass is 10.0. The van der Waals surface area contributed by atoms with Gasteiger partial charge in [0.15, 0.2) is 0 Å². The lowest BCUT2D eigenvalue weighted by Crippen LogP contribution is -2.43. The standard InChI is InChI=1S/C16H33N3/c1-3-18-13-8-16(9-14-18)17-10-6-12-19-11-5-4-7-15(19)2/h15-17H,3-14H2,1-2H3. The van der Waals surface area contributed by atoms with Crippen molar-refractivity contribution in [3.8, 4) is 0 Å². The van der Waals surface area contributed by atoms with Gasteiger partial charge >= 0.3 is 0 Å². The molecule has 2 heterocycles. The van der Waals surface area contributed by atoms with Crippen molar-refractivity contribution in [2.75, 3.05) is 39.3 Å². The summed E-state index contributed by atoms with van der Waals surface area (Å²) < 4.78 is 0. The van der Waals surface area contributed by atoms with Gasteiger partial charge < -0.3 is 15.1 Å². The third kappa shape index (κ3) is 5.05. The minimum atomic E-state index is 0.779. The van der Waals surface area contributed by atoms with Gasteiger partial charge in [-0.1, -0.05) is 13.3 Å². The molecule has 0 saturated carbocycles. The summed E-state index contributed by atoms with van der Waals surface area (Å²) in [5.41, 5.74) is 0. The zero-order chi connectivity index (χ0) is 13.5. The topological polar surface area (TPSA) is 18.5 Å². The molecule has 0 aliphatic carbocycles. The molecular weight excluding hydrogens is 234 g/mol. The van der Waals surface area contributed by atoms with Crippen LogP contribution in [-0.2, 0) is 0 Å². The molecule has 112 valence electrons. The van der Waals surface area contributed by atoms with E-state index in [0.29, 0.717) is 0 Å². The van der Waals surface area contributed by atoms with Crippen molar-refractivity contribution in [1.82, 2.24) is 15.1 Å². The van der Waals surface area contributed by atoms with Crippen LogP contribution in [0.4, 0.5) is 0 Å². The fourth-order valence-corrected chi connectivity index (χ4v) is 3.53. The quantitative estimate of drug-likeness (QED) is 0.745. The molecule has 1 N–H and O–H groups in total. The number of likely N-dealkylation sites (tertiary alicyclic amines) is 2. The third-order valence-electron chi connectivity index (χ3n) is 5.03. The van der Waals surface area contributed by atoms with Crippen molar-refractivity contribution < 1.29 is 0 Å². The van der Waals surface area contributed by atoms with Gasteiger partial charge in [-0.25, -0.2) is 0 Å². The molecule has 3 heteroatoms. The maximum atomic E-state index is 3.77. The van der Waals surface area contributed by atoms with Crippen LogP contribution >= 0.6 is 0 Å². The first-order valence-corrected chi connectivity index (χ1v) is 8.49.